The van der Waals surface area contributed by atoms with Crippen LogP contribution in [0.1, 0.15) is 16.1 Å². The third-order valence-corrected chi connectivity index (χ3v) is 3.81. The van der Waals surface area contributed by atoms with E-state index >= 15 is 0 Å². The van der Waals surface area contributed by atoms with E-state index in [9.17, 15) is 9.59 Å². The van der Waals surface area contributed by atoms with Crippen LogP contribution in [-0.4, -0.2) is 79.0 Å². The molecule has 1 aromatic heterocycles. The first-order chi connectivity index (χ1) is 9.97. The number of hydrogen-bond donors (Lipinski definition) is 1. The summed E-state index contributed by atoms with van der Waals surface area (Å²) < 4.78 is 0. The molecule has 1 aliphatic rings. The third kappa shape index (κ3) is 4.15. The van der Waals surface area contributed by atoms with Crippen molar-refractivity contribution in [2.75, 3.05) is 53.4 Å². The summed E-state index contributed by atoms with van der Waals surface area (Å²) in [6.07, 6.45) is 1.53. The van der Waals surface area contributed by atoms with Gasteiger partial charge in [0.2, 0.25) is 0 Å². The fourth-order valence-electron chi connectivity index (χ4n) is 2.43. The fraction of sp³-hybridized carbons (Fsp3) is 0.600. The molecule has 21 heavy (non-hydrogen) atoms. The van der Waals surface area contributed by atoms with Gasteiger partial charge >= 0.3 is 0 Å². The molecule has 0 unspecified atom stereocenters. The SMILES string of the molecule is Cc1cc(=O)c(C(=O)N2CCN(CCN(C)C)CC2)c[nH]1. The van der Waals surface area contributed by atoms with Crippen LogP contribution in [0.25, 0.3) is 0 Å². The summed E-state index contributed by atoms with van der Waals surface area (Å²) in [6, 6.07) is 1.47. The molecule has 2 rings (SSSR count). The largest absolute Gasteiger partial charge is 0.364 e. The minimum absolute atomic E-state index is 0.163. The maximum atomic E-state index is 12.4. The van der Waals surface area contributed by atoms with Crippen molar-refractivity contribution >= 4 is 5.91 Å². The quantitative estimate of drug-likeness (QED) is 0.849. The average Bonchev–Trinajstić information content (AvgIpc) is 2.45. The van der Waals surface area contributed by atoms with E-state index in [1.165, 1.54) is 12.3 Å². The number of hydrogen-bond acceptors (Lipinski definition) is 4. The number of amides is 1. The van der Waals surface area contributed by atoms with Crippen LogP contribution in [-0.2, 0) is 0 Å². The van der Waals surface area contributed by atoms with Gasteiger partial charge in [-0.3, -0.25) is 14.5 Å². The molecule has 0 bridgehead atoms. The highest BCUT2D eigenvalue weighted by Crippen LogP contribution is 2.06. The molecule has 0 spiro atoms. The number of carbonyl (C=O) groups excluding carboxylic acids is 1. The lowest BCUT2D eigenvalue weighted by Gasteiger charge is -2.35. The normalized spacial score (nSPS) is 16.5. The second-order valence-electron chi connectivity index (χ2n) is 5.83. The molecule has 1 saturated heterocycles. The summed E-state index contributed by atoms with van der Waals surface area (Å²) in [4.78, 5) is 33.5. The highest BCUT2D eigenvalue weighted by atomic mass is 16.2. The predicted molar refractivity (Wildman–Crippen MR) is 82.7 cm³/mol. The summed E-state index contributed by atoms with van der Waals surface area (Å²) in [5.74, 6) is -0.163. The molecule has 0 aliphatic carbocycles. The lowest BCUT2D eigenvalue weighted by molar-refractivity contribution is 0.0628. The van der Waals surface area contributed by atoms with Crippen LogP contribution in [0.2, 0.25) is 0 Å². The lowest BCUT2D eigenvalue weighted by atomic mass is 10.2. The van der Waals surface area contributed by atoms with Gasteiger partial charge in [0.15, 0.2) is 5.43 Å². The van der Waals surface area contributed by atoms with Crippen LogP contribution in [0.4, 0.5) is 0 Å². The molecule has 0 aromatic carbocycles. The summed E-state index contributed by atoms with van der Waals surface area (Å²) in [7, 11) is 4.12. The van der Waals surface area contributed by atoms with E-state index in [2.05, 4.69) is 28.9 Å². The van der Waals surface area contributed by atoms with Crippen LogP contribution >= 0.6 is 0 Å². The molecule has 6 heteroatoms. The summed E-state index contributed by atoms with van der Waals surface area (Å²) in [5, 5.41) is 0. The molecular weight excluding hydrogens is 268 g/mol. The van der Waals surface area contributed by atoms with Gasteiger partial charge in [0.25, 0.3) is 5.91 Å². The van der Waals surface area contributed by atoms with E-state index in [1.807, 2.05) is 0 Å². The van der Waals surface area contributed by atoms with E-state index in [-0.39, 0.29) is 16.9 Å². The van der Waals surface area contributed by atoms with Gasteiger partial charge in [0.1, 0.15) is 5.56 Å². The van der Waals surface area contributed by atoms with Crippen molar-refractivity contribution in [3.8, 4) is 0 Å². The first-order valence-corrected chi connectivity index (χ1v) is 7.33. The first kappa shape index (κ1) is 15.7. The Kier molecular flexibility index (Phi) is 5.14. The van der Waals surface area contributed by atoms with Crippen molar-refractivity contribution in [2.24, 2.45) is 0 Å². The topological polar surface area (TPSA) is 59.7 Å². The van der Waals surface area contributed by atoms with E-state index in [1.54, 1.807) is 11.8 Å². The van der Waals surface area contributed by atoms with Crippen LogP contribution in [0, 0.1) is 6.92 Å². The van der Waals surface area contributed by atoms with Crippen molar-refractivity contribution in [2.45, 2.75) is 6.92 Å². The van der Waals surface area contributed by atoms with Crippen LogP contribution < -0.4 is 5.43 Å². The Bertz CT molecular complexity index is 545. The molecule has 0 saturated carbocycles. The summed E-state index contributed by atoms with van der Waals surface area (Å²) >= 11 is 0. The monoisotopic (exact) mass is 292 g/mol. The molecule has 116 valence electrons. The fourth-order valence-corrected chi connectivity index (χ4v) is 2.43. The summed E-state index contributed by atoms with van der Waals surface area (Å²) in [6.45, 7) is 6.93. The maximum Gasteiger partial charge on any atom is 0.259 e. The average molecular weight is 292 g/mol. The predicted octanol–water partition coefficient (Wildman–Crippen LogP) is 0.00272. The number of piperazine rings is 1. The maximum absolute atomic E-state index is 12.4. The Morgan fingerprint density at radius 1 is 1.29 bits per heavy atom. The number of nitrogens with one attached hydrogen (secondary N) is 1. The second kappa shape index (κ2) is 6.87. The number of aryl methyl sites for hydroxylation is 1. The van der Waals surface area contributed by atoms with E-state index in [4.69, 9.17) is 0 Å². The molecule has 0 atom stereocenters. The van der Waals surface area contributed by atoms with E-state index in [0.29, 0.717) is 13.1 Å². The van der Waals surface area contributed by atoms with Gasteiger partial charge in [0, 0.05) is 57.2 Å². The van der Waals surface area contributed by atoms with Crippen LogP contribution in [0.3, 0.4) is 0 Å². The highest BCUT2D eigenvalue weighted by Gasteiger charge is 2.23. The molecule has 1 N–H and O–H groups in total. The standard InChI is InChI=1S/C15H24N4O2/c1-12-10-14(20)13(11-16-12)15(21)19-8-6-18(7-9-19)5-4-17(2)3/h10-11H,4-9H2,1-3H3,(H,16,20). The van der Waals surface area contributed by atoms with Gasteiger partial charge in [-0.05, 0) is 21.0 Å². The van der Waals surface area contributed by atoms with Gasteiger partial charge in [-0.25, -0.2) is 0 Å². The smallest absolute Gasteiger partial charge is 0.259 e. The molecule has 0 radical (unpaired) electrons. The molecule has 1 amide bonds. The van der Waals surface area contributed by atoms with Crippen molar-refractivity contribution < 1.29 is 4.79 Å². The van der Waals surface area contributed by atoms with Gasteiger partial charge in [-0.1, -0.05) is 0 Å². The molecule has 6 nitrogen and oxygen atoms in total. The Morgan fingerprint density at radius 3 is 2.52 bits per heavy atom. The highest BCUT2D eigenvalue weighted by molar-refractivity contribution is 5.93. The zero-order chi connectivity index (χ0) is 15.4. The Labute approximate surface area is 125 Å². The van der Waals surface area contributed by atoms with Crippen LogP contribution in [0.5, 0.6) is 0 Å². The second-order valence-corrected chi connectivity index (χ2v) is 5.83. The third-order valence-electron chi connectivity index (χ3n) is 3.81. The van der Waals surface area contributed by atoms with Crippen LogP contribution in [0.15, 0.2) is 17.1 Å². The number of aromatic amines is 1. The molecule has 2 heterocycles. The van der Waals surface area contributed by atoms with Crippen molar-refractivity contribution in [3.05, 3.63) is 33.7 Å². The van der Waals surface area contributed by atoms with E-state index in [0.717, 1.165) is 31.9 Å². The van der Waals surface area contributed by atoms with Crippen molar-refractivity contribution in [1.29, 1.82) is 0 Å². The van der Waals surface area contributed by atoms with Crippen molar-refractivity contribution in [1.82, 2.24) is 19.7 Å². The first-order valence-electron chi connectivity index (χ1n) is 7.33. The zero-order valence-electron chi connectivity index (χ0n) is 13.1. The number of pyridine rings is 1. The molecule has 1 aliphatic heterocycles. The molecule has 1 aromatic rings. The Balaban J connectivity index is 1.92. The number of carbonyl (C=O) groups is 1. The lowest BCUT2D eigenvalue weighted by Crippen LogP contribution is -2.50. The van der Waals surface area contributed by atoms with Gasteiger partial charge < -0.3 is 14.8 Å². The molecular formula is C15H24N4O2. The molecule has 1 fully saturated rings. The number of H-pyrrole nitrogens is 1. The van der Waals surface area contributed by atoms with Gasteiger partial charge in [0.05, 0.1) is 0 Å². The Morgan fingerprint density at radius 2 is 1.95 bits per heavy atom. The van der Waals surface area contributed by atoms with Gasteiger partial charge in [-0.2, -0.15) is 0 Å². The minimum Gasteiger partial charge on any atom is -0.364 e. The van der Waals surface area contributed by atoms with Crippen molar-refractivity contribution in [3.63, 3.8) is 0 Å². The van der Waals surface area contributed by atoms with Gasteiger partial charge in [-0.15, -0.1) is 0 Å². The zero-order valence-corrected chi connectivity index (χ0v) is 13.1. The minimum atomic E-state index is -0.203. The number of nitrogens with zero attached hydrogens (tertiary/aromatic N) is 3. The number of rotatable bonds is 4. The van der Waals surface area contributed by atoms with E-state index < -0.39 is 0 Å². The summed E-state index contributed by atoms with van der Waals surface area (Å²) in [5.41, 5.74) is 0.804. The number of likely N-dealkylation sites (N-methyl/N-ethyl adjacent to an activating group) is 1. The Hall–Kier alpha value is -1.66. The number of aromatic nitrogens is 1.